The van der Waals surface area contributed by atoms with E-state index in [0.29, 0.717) is 10.8 Å². The van der Waals surface area contributed by atoms with Crippen LogP contribution in [0.5, 0.6) is 5.75 Å². The Bertz CT molecular complexity index is 721. The molecule has 2 aromatic carbocycles. The molecule has 4 heteroatoms. The summed E-state index contributed by atoms with van der Waals surface area (Å²) in [5.41, 5.74) is 0.616. The molecule has 0 bridgehead atoms. The largest absolute Gasteiger partial charge is 0.496 e. The van der Waals surface area contributed by atoms with Crippen LogP contribution >= 0.6 is 11.6 Å². The van der Waals surface area contributed by atoms with Crippen molar-refractivity contribution in [2.75, 3.05) is 7.11 Å². The van der Waals surface area contributed by atoms with Crippen molar-refractivity contribution >= 4 is 17.5 Å². The maximum atomic E-state index is 13.0. The van der Waals surface area contributed by atoms with E-state index in [9.17, 15) is 4.79 Å². The first-order valence-corrected chi connectivity index (χ1v) is 8.28. The Morgan fingerprint density at radius 1 is 1.00 bits per heavy atom. The van der Waals surface area contributed by atoms with E-state index in [0.717, 1.165) is 11.1 Å². The fourth-order valence-electron chi connectivity index (χ4n) is 2.66. The van der Waals surface area contributed by atoms with Crippen LogP contribution in [0.4, 0.5) is 0 Å². The number of para-hydroxylation sites is 1. The molecule has 2 rings (SSSR count). The Labute approximate surface area is 149 Å². The van der Waals surface area contributed by atoms with E-state index >= 15 is 0 Å². The molecule has 1 amide bonds. The van der Waals surface area contributed by atoms with Crippen LogP contribution in [-0.4, -0.2) is 13.0 Å². The van der Waals surface area contributed by atoms with Crippen LogP contribution in [0.3, 0.4) is 0 Å². The van der Waals surface area contributed by atoms with Gasteiger partial charge in [0.1, 0.15) is 5.75 Å². The molecule has 0 spiro atoms. The van der Waals surface area contributed by atoms with E-state index in [-0.39, 0.29) is 5.91 Å². The average molecular weight is 346 g/mol. The van der Waals surface area contributed by atoms with Crippen molar-refractivity contribution in [2.45, 2.75) is 38.6 Å². The lowest BCUT2D eigenvalue weighted by molar-refractivity contribution is -0.127. The zero-order chi connectivity index (χ0) is 18.0. The molecule has 0 atom stereocenters. The Kier molecular flexibility index (Phi) is 5.24. The minimum atomic E-state index is -0.726. The van der Waals surface area contributed by atoms with Gasteiger partial charge in [0.25, 0.3) is 0 Å². The second-order valence-corrected chi connectivity index (χ2v) is 7.35. The van der Waals surface area contributed by atoms with Gasteiger partial charge in [-0.2, -0.15) is 0 Å². The van der Waals surface area contributed by atoms with E-state index in [1.165, 1.54) is 0 Å². The predicted molar refractivity (Wildman–Crippen MR) is 98.6 cm³/mol. The number of hydrogen-bond acceptors (Lipinski definition) is 2. The normalized spacial score (nSPS) is 11.9. The molecule has 0 aliphatic carbocycles. The lowest BCUT2D eigenvalue weighted by Gasteiger charge is -2.33. The molecule has 3 nitrogen and oxygen atoms in total. The SMILES string of the molecule is COc1ccccc1C(C)(C)C(=O)NC(C)(C)c1ccc(Cl)cc1. The number of hydrogen-bond donors (Lipinski definition) is 1. The minimum Gasteiger partial charge on any atom is -0.496 e. The Morgan fingerprint density at radius 2 is 1.58 bits per heavy atom. The van der Waals surface area contributed by atoms with Gasteiger partial charge >= 0.3 is 0 Å². The third-order valence-electron chi connectivity index (χ3n) is 4.34. The number of nitrogens with one attached hydrogen (secondary N) is 1. The average Bonchev–Trinajstić information content (AvgIpc) is 2.54. The molecule has 0 saturated carbocycles. The highest BCUT2D eigenvalue weighted by atomic mass is 35.5. The maximum absolute atomic E-state index is 13.0. The monoisotopic (exact) mass is 345 g/mol. The van der Waals surface area contributed by atoms with Gasteiger partial charge in [0.05, 0.1) is 18.1 Å². The number of halogens is 1. The quantitative estimate of drug-likeness (QED) is 0.854. The first-order valence-electron chi connectivity index (χ1n) is 7.90. The third kappa shape index (κ3) is 3.73. The van der Waals surface area contributed by atoms with Crippen LogP contribution in [0.2, 0.25) is 5.02 Å². The number of ether oxygens (including phenoxy) is 1. The first kappa shape index (κ1) is 18.3. The van der Waals surface area contributed by atoms with Crippen LogP contribution in [0, 0.1) is 0 Å². The highest BCUT2D eigenvalue weighted by Gasteiger charge is 2.36. The van der Waals surface area contributed by atoms with Gasteiger partial charge in [-0.25, -0.2) is 0 Å². The topological polar surface area (TPSA) is 38.3 Å². The van der Waals surface area contributed by atoms with Gasteiger partial charge in [0, 0.05) is 10.6 Å². The molecule has 0 heterocycles. The van der Waals surface area contributed by atoms with Crippen molar-refractivity contribution in [3.8, 4) is 5.75 Å². The van der Waals surface area contributed by atoms with Crippen LogP contribution < -0.4 is 10.1 Å². The highest BCUT2D eigenvalue weighted by molar-refractivity contribution is 6.30. The molecule has 0 aliphatic heterocycles. The van der Waals surface area contributed by atoms with Crippen molar-refractivity contribution in [2.24, 2.45) is 0 Å². The lowest BCUT2D eigenvalue weighted by atomic mass is 9.81. The molecule has 2 aromatic rings. The predicted octanol–water partition coefficient (Wildman–Crippen LogP) is 4.68. The fourth-order valence-corrected chi connectivity index (χ4v) is 2.79. The number of carbonyl (C=O) groups excluding carboxylic acids is 1. The standard InChI is InChI=1S/C20H24ClNO2/c1-19(2,16-8-6-7-9-17(16)24-5)18(23)22-20(3,4)14-10-12-15(21)13-11-14/h6-13H,1-5H3,(H,22,23). The molecular formula is C20H24ClNO2. The van der Waals surface area contributed by atoms with Gasteiger partial charge in [-0.15, -0.1) is 0 Å². The van der Waals surface area contributed by atoms with Gasteiger partial charge in [0.15, 0.2) is 0 Å². The van der Waals surface area contributed by atoms with Crippen molar-refractivity contribution < 1.29 is 9.53 Å². The van der Waals surface area contributed by atoms with Gasteiger partial charge in [-0.1, -0.05) is 41.9 Å². The van der Waals surface area contributed by atoms with Gasteiger partial charge in [0.2, 0.25) is 5.91 Å². The van der Waals surface area contributed by atoms with Crippen molar-refractivity contribution in [3.05, 3.63) is 64.7 Å². The van der Waals surface area contributed by atoms with Crippen LogP contribution in [0.15, 0.2) is 48.5 Å². The summed E-state index contributed by atoms with van der Waals surface area (Å²) in [6.45, 7) is 7.76. The van der Waals surface area contributed by atoms with Gasteiger partial charge in [-0.05, 0) is 51.5 Å². The van der Waals surface area contributed by atoms with Crippen LogP contribution in [0.25, 0.3) is 0 Å². The Balaban J connectivity index is 2.28. The summed E-state index contributed by atoms with van der Waals surface area (Å²) in [6, 6.07) is 15.1. The van der Waals surface area contributed by atoms with E-state index in [1.807, 2.05) is 76.2 Å². The van der Waals surface area contributed by atoms with E-state index < -0.39 is 11.0 Å². The fraction of sp³-hybridized carbons (Fsp3) is 0.350. The molecule has 128 valence electrons. The second kappa shape index (κ2) is 6.86. The van der Waals surface area contributed by atoms with Gasteiger partial charge in [-0.3, -0.25) is 4.79 Å². The van der Waals surface area contributed by atoms with E-state index in [2.05, 4.69) is 5.32 Å². The van der Waals surface area contributed by atoms with Crippen molar-refractivity contribution in [1.82, 2.24) is 5.32 Å². The van der Waals surface area contributed by atoms with Crippen LogP contribution in [0.1, 0.15) is 38.8 Å². The second-order valence-electron chi connectivity index (χ2n) is 6.91. The van der Waals surface area contributed by atoms with Crippen molar-refractivity contribution in [1.29, 1.82) is 0 Å². The lowest BCUT2D eigenvalue weighted by Crippen LogP contribution is -2.48. The molecule has 0 unspecified atom stereocenters. The summed E-state index contributed by atoms with van der Waals surface area (Å²) in [4.78, 5) is 13.0. The zero-order valence-corrected chi connectivity index (χ0v) is 15.6. The van der Waals surface area contributed by atoms with Crippen molar-refractivity contribution in [3.63, 3.8) is 0 Å². The third-order valence-corrected chi connectivity index (χ3v) is 4.59. The zero-order valence-electron chi connectivity index (χ0n) is 14.8. The molecule has 0 fully saturated rings. The Morgan fingerprint density at radius 3 is 2.17 bits per heavy atom. The van der Waals surface area contributed by atoms with E-state index in [1.54, 1.807) is 7.11 Å². The molecule has 0 aliphatic rings. The molecule has 0 saturated heterocycles. The molecule has 24 heavy (non-hydrogen) atoms. The molecule has 0 aromatic heterocycles. The smallest absolute Gasteiger partial charge is 0.230 e. The summed E-state index contributed by atoms with van der Waals surface area (Å²) in [7, 11) is 1.62. The number of methoxy groups -OCH3 is 1. The summed E-state index contributed by atoms with van der Waals surface area (Å²) < 4.78 is 5.42. The number of carbonyl (C=O) groups is 1. The number of benzene rings is 2. The highest BCUT2D eigenvalue weighted by Crippen LogP contribution is 2.33. The summed E-state index contributed by atoms with van der Waals surface area (Å²) >= 11 is 5.95. The summed E-state index contributed by atoms with van der Waals surface area (Å²) in [5.74, 6) is 0.647. The first-order chi connectivity index (χ1) is 11.2. The van der Waals surface area contributed by atoms with Crippen LogP contribution in [-0.2, 0) is 15.7 Å². The maximum Gasteiger partial charge on any atom is 0.230 e. The summed E-state index contributed by atoms with van der Waals surface area (Å²) in [6.07, 6.45) is 0. The number of rotatable bonds is 5. The minimum absolute atomic E-state index is 0.0630. The van der Waals surface area contributed by atoms with Gasteiger partial charge < -0.3 is 10.1 Å². The Hall–Kier alpha value is -2.00. The summed E-state index contributed by atoms with van der Waals surface area (Å²) in [5, 5.41) is 3.82. The molecule has 1 N–H and O–H groups in total. The molecule has 0 radical (unpaired) electrons. The number of amides is 1. The van der Waals surface area contributed by atoms with E-state index in [4.69, 9.17) is 16.3 Å². The molecular weight excluding hydrogens is 322 g/mol.